The maximum absolute atomic E-state index is 12.8. The fourth-order valence-corrected chi connectivity index (χ4v) is 3.28. The number of anilines is 1. The molecule has 2 amide bonds. The van der Waals surface area contributed by atoms with Crippen LogP contribution >= 0.6 is 23.2 Å². The third kappa shape index (κ3) is 5.12. The molecule has 6 heteroatoms. The van der Waals surface area contributed by atoms with Crippen molar-refractivity contribution in [1.82, 2.24) is 9.88 Å². The van der Waals surface area contributed by atoms with Crippen molar-refractivity contribution in [2.75, 3.05) is 11.9 Å². The highest BCUT2D eigenvalue weighted by atomic mass is 35.5. The molecular weight excluding hydrogens is 381 g/mol. The highest BCUT2D eigenvalue weighted by molar-refractivity contribution is 6.31. The third-order valence-electron chi connectivity index (χ3n) is 4.06. The van der Waals surface area contributed by atoms with Crippen LogP contribution in [0.1, 0.15) is 19.4 Å². The Morgan fingerprint density at radius 2 is 1.89 bits per heavy atom. The van der Waals surface area contributed by atoms with Crippen LogP contribution in [-0.4, -0.2) is 22.5 Å². The molecule has 0 spiro atoms. The summed E-state index contributed by atoms with van der Waals surface area (Å²) in [5.41, 5.74) is 2.31. The van der Waals surface area contributed by atoms with E-state index in [1.165, 1.54) is 0 Å². The van der Waals surface area contributed by atoms with Crippen LogP contribution in [0.2, 0.25) is 10.2 Å². The van der Waals surface area contributed by atoms with Crippen LogP contribution in [0.15, 0.2) is 54.6 Å². The predicted molar refractivity (Wildman–Crippen MR) is 112 cm³/mol. The van der Waals surface area contributed by atoms with E-state index in [0.29, 0.717) is 34.9 Å². The lowest BCUT2D eigenvalue weighted by molar-refractivity contribution is 0.201. The van der Waals surface area contributed by atoms with E-state index in [9.17, 15) is 4.79 Å². The summed E-state index contributed by atoms with van der Waals surface area (Å²) in [6, 6.07) is 16.7. The van der Waals surface area contributed by atoms with Gasteiger partial charge in [0.05, 0.1) is 12.1 Å². The number of amides is 2. The molecule has 0 saturated heterocycles. The second-order valence-electron chi connectivity index (χ2n) is 6.85. The first-order chi connectivity index (χ1) is 12.9. The first-order valence-electron chi connectivity index (χ1n) is 8.78. The summed E-state index contributed by atoms with van der Waals surface area (Å²) in [5, 5.41) is 4.89. The molecule has 0 atom stereocenters. The van der Waals surface area contributed by atoms with Gasteiger partial charge in [-0.3, -0.25) is 0 Å². The number of nitrogens with one attached hydrogen (secondary N) is 1. The molecule has 140 valence electrons. The van der Waals surface area contributed by atoms with Crippen LogP contribution in [0.25, 0.3) is 10.9 Å². The van der Waals surface area contributed by atoms with Crippen molar-refractivity contribution < 1.29 is 4.79 Å². The lowest BCUT2D eigenvalue weighted by Gasteiger charge is -2.25. The van der Waals surface area contributed by atoms with E-state index < -0.39 is 0 Å². The summed E-state index contributed by atoms with van der Waals surface area (Å²) in [4.78, 5) is 19.0. The van der Waals surface area contributed by atoms with E-state index in [2.05, 4.69) is 24.1 Å². The number of nitrogens with zero attached hydrogens (tertiary/aromatic N) is 2. The van der Waals surface area contributed by atoms with E-state index in [4.69, 9.17) is 23.2 Å². The number of para-hydroxylation sites is 1. The molecule has 0 radical (unpaired) electrons. The third-order valence-corrected chi connectivity index (χ3v) is 4.62. The molecule has 2 aromatic carbocycles. The minimum atomic E-state index is -0.199. The van der Waals surface area contributed by atoms with Crippen molar-refractivity contribution in [2.45, 2.75) is 20.4 Å². The minimum absolute atomic E-state index is 0.199. The summed E-state index contributed by atoms with van der Waals surface area (Å²) in [6.07, 6.45) is 0. The SMILES string of the molecule is CC(C)CN(Cc1cc2ccccc2nc1Cl)C(=O)Nc1cccc(Cl)c1. The number of hydrogen-bond donors (Lipinski definition) is 1. The van der Waals surface area contributed by atoms with Gasteiger partial charge in [0, 0.05) is 28.2 Å². The quantitative estimate of drug-likeness (QED) is 0.514. The van der Waals surface area contributed by atoms with Crippen molar-refractivity contribution >= 4 is 45.8 Å². The monoisotopic (exact) mass is 401 g/mol. The first-order valence-corrected chi connectivity index (χ1v) is 9.53. The number of hydrogen-bond acceptors (Lipinski definition) is 2. The molecular formula is C21H21Cl2N3O. The van der Waals surface area contributed by atoms with Crippen LogP contribution in [0.4, 0.5) is 10.5 Å². The average Bonchev–Trinajstić information content (AvgIpc) is 2.61. The molecule has 1 N–H and O–H groups in total. The Kier molecular flexibility index (Phi) is 6.19. The molecule has 1 heterocycles. The van der Waals surface area contributed by atoms with Gasteiger partial charge in [0.2, 0.25) is 0 Å². The van der Waals surface area contributed by atoms with Crippen LogP contribution in [0.3, 0.4) is 0 Å². The van der Waals surface area contributed by atoms with Crippen molar-refractivity contribution in [3.63, 3.8) is 0 Å². The number of fused-ring (bicyclic) bond motifs is 1. The molecule has 0 fully saturated rings. The Morgan fingerprint density at radius 3 is 2.63 bits per heavy atom. The van der Waals surface area contributed by atoms with Gasteiger partial charge in [-0.15, -0.1) is 0 Å². The summed E-state index contributed by atoms with van der Waals surface area (Å²) in [6.45, 7) is 5.11. The first kappa shape index (κ1) is 19.5. The zero-order valence-electron chi connectivity index (χ0n) is 15.2. The van der Waals surface area contributed by atoms with Gasteiger partial charge in [-0.25, -0.2) is 9.78 Å². The molecule has 0 bridgehead atoms. The molecule has 4 nitrogen and oxygen atoms in total. The number of carbonyl (C=O) groups is 1. The number of carbonyl (C=O) groups excluding carboxylic acids is 1. The molecule has 0 saturated carbocycles. The highest BCUT2D eigenvalue weighted by Crippen LogP contribution is 2.23. The van der Waals surface area contributed by atoms with Crippen molar-refractivity contribution in [2.24, 2.45) is 5.92 Å². The Bertz CT molecular complexity index is 959. The summed E-state index contributed by atoms with van der Waals surface area (Å²) < 4.78 is 0. The average molecular weight is 402 g/mol. The highest BCUT2D eigenvalue weighted by Gasteiger charge is 2.18. The van der Waals surface area contributed by atoms with Gasteiger partial charge in [0.25, 0.3) is 0 Å². The Morgan fingerprint density at radius 1 is 1.11 bits per heavy atom. The molecule has 3 rings (SSSR count). The minimum Gasteiger partial charge on any atom is -0.320 e. The van der Waals surface area contributed by atoms with E-state index in [-0.39, 0.29) is 6.03 Å². The number of aromatic nitrogens is 1. The molecule has 0 aliphatic rings. The number of rotatable bonds is 5. The fourth-order valence-electron chi connectivity index (χ4n) is 2.88. The van der Waals surface area contributed by atoms with Gasteiger partial charge in [0.15, 0.2) is 0 Å². The number of pyridine rings is 1. The largest absolute Gasteiger partial charge is 0.322 e. The molecule has 0 unspecified atom stereocenters. The normalized spacial score (nSPS) is 11.0. The Labute approximate surface area is 169 Å². The standard InChI is InChI=1S/C21H21Cl2N3O/c1-14(2)12-26(21(27)24-18-8-5-7-17(22)11-18)13-16-10-15-6-3-4-9-19(15)25-20(16)23/h3-11,14H,12-13H2,1-2H3,(H,24,27). The van der Waals surface area contributed by atoms with Gasteiger partial charge >= 0.3 is 6.03 Å². The number of benzene rings is 2. The topological polar surface area (TPSA) is 45.2 Å². The lowest BCUT2D eigenvalue weighted by atomic mass is 10.1. The Balaban J connectivity index is 1.84. The summed E-state index contributed by atoms with van der Waals surface area (Å²) in [7, 11) is 0. The smallest absolute Gasteiger partial charge is 0.320 e. The van der Waals surface area contributed by atoms with Crippen molar-refractivity contribution in [1.29, 1.82) is 0 Å². The van der Waals surface area contributed by atoms with Crippen LogP contribution < -0.4 is 5.32 Å². The molecule has 3 aromatic rings. The van der Waals surface area contributed by atoms with Crippen LogP contribution in [0.5, 0.6) is 0 Å². The van der Waals surface area contributed by atoms with Crippen LogP contribution in [0, 0.1) is 5.92 Å². The summed E-state index contributed by atoms with van der Waals surface area (Å²) in [5.74, 6) is 0.308. The maximum atomic E-state index is 12.8. The van der Waals surface area contributed by atoms with Gasteiger partial charge < -0.3 is 10.2 Å². The van der Waals surface area contributed by atoms with Crippen molar-refractivity contribution in [3.8, 4) is 0 Å². The van der Waals surface area contributed by atoms with E-state index in [1.54, 1.807) is 23.1 Å². The molecule has 0 aliphatic heterocycles. The van der Waals surface area contributed by atoms with E-state index in [1.807, 2.05) is 36.4 Å². The second-order valence-corrected chi connectivity index (χ2v) is 7.64. The van der Waals surface area contributed by atoms with Crippen LogP contribution in [-0.2, 0) is 6.54 Å². The van der Waals surface area contributed by atoms with E-state index >= 15 is 0 Å². The second kappa shape index (κ2) is 8.59. The van der Waals surface area contributed by atoms with Gasteiger partial charge in [-0.2, -0.15) is 0 Å². The zero-order chi connectivity index (χ0) is 19.4. The van der Waals surface area contributed by atoms with E-state index in [0.717, 1.165) is 16.5 Å². The maximum Gasteiger partial charge on any atom is 0.322 e. The van der Waals surface area contributed by atoms with Crippen molar-refractivity contribution in [3.05, 3.63) is 70.3 Å². The summed E-state index contributed by atoms with van der Waals surface area (Å²) >= 11 is 12.4. The van der Waals surface area contributed by atoms with Gasteiger partial charge in [-0.05, 0) is 36.2 Å². The molecule has 27 heavy (non-hydrogen) atoms. The van der Waals surface area contributed by atoms with Gasteiger partial charge in [-0.1, -0.05) is 61.3 Å². The molecule has 0 aliphatic carbocycles. The Hall–Kier alpha value is -2.30. The number of halogens is 2. The lowest BCUT2D eigenvalue weighted by Crippen LogP contribution is -2.37. The van der Waals surface area contributed by atoms with Gasteiger partial charge in [0.1, 0.15) is 5.15 Å². The zero-order valence-corrected chi connectivity index (χ0v) is 16.8. The number of urea groups is 1. The fraction of sp³-hybridized carbons (Fsp3) is 0.238. The molecule has 1 aromatic heterocycles. The predicted octanol–water partition coefficient (Wildman–Crippen LogP) is 6.23.